The Bertz CT molecular complexity index is 336. The number of rotatable bonds is 5. The molecule has 1 aromatic rings. The summed E-state index contributed by atoms with van der Waals surface area (Å²) >= 11 is 0. The Hall–Kier alpha value is -0.870. The third kappa shape index (κ3) is 3.30. The molecule has 17 heavy (non-hydrogen) atoms. The molecule has 96 valence electrons. The summed E-state index contributed by atoms with van der Waals surface area (Å²) in [4.78, 5) is 2.40. The Balaban J connectivity index is 1.77. The van der Waals surface area contributed by atoms with Crippen LogP contribution in [0, 0.1) is 13.8 Å². The minimum absolute atomic E-state index is 0.685. The number of likely N-dealkylation sites (N-methyl/N-ethyl adjacent to an activating group) is 1. The molecule has 1 saturated heterocycles. The predicted molar refractivity (Wildman–Crippen MR) is 68.2 cm³/mol. The van der Waals surface area contributed by atoms with Gasteiger partial charge in [0.1, 0.15) is 5.76 Å². The van der Waals surface area contributed by atoms with Gasteiger partial charge >= 0.3 is 0 Å². The van der Waals surface area contributed by atoms with Crippen LogP contribution < -0.4 is 5.32 Å². The van der Waals surface area contributed by atoms with Crippen molar-refractivity contribution in [1.29, 1.82) is 0 Å². The zero-order valence-corrected chi connectivity index (χ0v) is 11.1. The Kier molecular flexibility index (Phi) is 4.18. The molecule has 0 unspecified atom stereocenters. The normalized spacial score (nSPS) is 20.4. The largest absolute Gasteiger partial charge is 0.361 e. The average Bonchev–Trinajstić information content (AvgIpc) is 2.88. The van der Waals surface area contributed by atoms with Gasteiger partial charge in [-0.05, 0) is 46.7 Å². The SMILES string of the molecule is Cc1noc(C)c1CCN(C)C[C@H]1CCCN1. The van der Waals surface area contributed by atoms with Crippen LogP contribution in [0.25, 0.3) is 0 Å². The number of hydrogen-bond acceptors (Lipinski definition) is 4. The van der Waals surface area contributed by atoms with Crippen LogP contribution >= 0.6 is 0 Å². The van der Waals surface area contributed by atoms with E-state index in [4.69, 9.17) is 4.52 Å². The number of hydrogen-bond donors (Lipinski definition) is 1. The van der Waals surface area contributed by atoms with E-state index in [9.17, 15) is 0 Å². The molecule has 1 aromatic heterocycles. The minimum atomic E-state index is 0.685. The van der Waals surface area contributed by atoms with Crippen LogP contribution in [0.4, 0.5) is 0 Å². The van der Waals surface area contributed by atoms with Crippen molar-refractivity contribution in [2.24, 2.45) is 0 Å². The maximum atomic E-state index is 5.18. The highest BCUT2D eigenvalue weighted by atomic mass is 16.5. The smallest absolute Gasteiger partial charge is 0.137 e. The summed E-state index contributed by atoms with van der Waals surface area (Å²) in [5.41, 5.74) is 2.31. The molecule has 0 aliphatic carbocycles. The van der Waals surface area contributed by atoms with E-state index in [2.05, 4.69) is 22.4 Å². The van der Waals surface area contributed by atoms with Crippen molar-refractivity contribution < 1.29 is 4.52 Å². The zero-order chi connectivity index (χ0) is 12.3. The molecule has 2 heterocycles. The third-order valence-corrected chi connectivity index (χ3v) is 3.62. The highest BCUT2D eigenvalue weighted by molar-refractivity contribution is 5.20. The maximum absolute atomic E-state index is 5.18. The van der Waals surface area contributed by atoms with E-state index in [0.717, 1.165) is 31.0 Å². The van der Waals surface area contributed by atoms with Gasteiger partial charge in [0.25, 0.3) is 0 Å². The molecule has 0 radical (unpaired) electrons. The van der Waals surface area contributed by atoms with Crippen LogP contribution in [0.5, 0.6) is 0 Å². The van der Waals surface area contributed by atoms with Gasteiger partial charge in [0.05, 0.1) is 5.69 Å². The fraction of sp³-hybridized carbons (Fsp3) is 0.769. The second-order valence-electron chi connectivity index (χ2n) is 5.11. The van der Waals surface area contributed by atoms with Gasteiger partial charge in [-0.15, -0.1) is 0 Å². The van der Waals surface area contributed by atoms with E-state index in [0.29, 0.717) is 6.04 Å². The van der Waals surface area contributed by atoms with Crippen LogP contribution in [-0.2, 0) is 6.42 Å². The van der Waals surface area contributed by atoms with Crippen LogP contribution in [-0.4, -0.2) is 42.8 Å². The van der Waals surface area contributed by atoms with E-state index in [1.807, 2.05) is 13.8 Å². The molecule has 1 aliphatic rings. The molecule has 0 saturated carbocycles. The lowest BCUT2D eigenvalue weighted by molar-refractivity contribution is 0.303. The molecule has 4 nitrogen and oxygen atoms in total. The Morgan fingerprint density at radius 1 is 1.47 bits per heavy atom. The number of nitrogens with zero attached hydrogens (tertiary/aromatic N) is 2. The van der Waals surface area contributed by atoms with Crippen molar-refractivity contribution in [1.82, 2.24) is 15.4 Å². The average molecular weight is 237 g/mol. The van der Waals surface area contributed by atoms with E-state index >= 15 is 0 Å². The predicted octanol–water partition coefficient (Wildman–Crippen LogP) is 1.52. The molecule has 0 aromatic carbocycles. The summed E-state index contributed by atoms with van der Waals surface area (Å²) in [6, 6.07) is 0.685. The number of aromatic nitrogens is 1. The number of aryl methyl sites for hydroxylation is 2. The molecule has 4 heteroatoms. The lowest BCUT2D eigenvalue weighted by Gasteiger charge is -2.20. The molecule has 0 amide bonds. The lowest BCUT2D eigenvalue weighted by Crippen LogP contribution is -2.36. The number of nitrogens with one attached hydrogen (secondary N) is 1. The van der Waals surface area contributed by atoms with Gasteiger partial charge < -0.3 is 14.7 Å². The molecule has 2 rings (SSSR count). The molecular formula is C13H23N3O. The summed E-state index contributed by atoms with van der Waals surface area (Å²) in [6.07, 6.45) is 3.67. The van der Waals surface area contributed by atoms with Crippen molar-refractivity contribution >= 4 is 0 Å². The first-order chi connectivity index (χ1) is 8.16. The lowest BCUT2D eigenvalue weighted by atomic mass is 10.1. The van der Waals surface area contributed by atoms with Gasteiger partial charge in [-0.3, -0.25) is 0 Å². The Morgan fingerprint density at radius 2 is 2.29 bits per heavy atom. The summed E-state index contributed by atoms with van der Waals surface area (Å²) in [5, 5.41) is 7.52. The highest BCUT2D eigenvalue weighted by Crippen LogP contribution is 2.13. The zero-order valence-electron chi connectivity index (χ0n) is 11.1. The standard InChI is InChI=1S/C13H23N3O/c1-10-13(11(2)17-15-10)6-8-16(3)9-12-5-4-7-14-12/h12,14H,4-9H2,1-3H3/t12-/m1/s1. The van der Waals surface area contributed by atoms with Crippen LogP contribution in [0.2, 0.25) is 0 Å². The molecule has 0 bridgehead atoms. The van der Waals surface area contributed by atoms with Crippen molar-refractivity contribution in [2.45, 2.75) is 39.2 Å². The van der Waals surface area contributed by atoms with Crippen LogP contribution in [0.3, 0.4) is 0 Å². The van der Waals surface area contributed by atoms with Crippen LogP contribution in [0.1, 0.15) is 29.9 Å². The van der Waals surface area contributed by atoms with Crippen molar-refractivity contribution in [3.63, 3.8) is 0 Å². The quantitative estimate of drug-likeness (QED) is 0.843. The van der Waals surface area contributed by atoms with Gasteiger partial charge in [0, 0.05) is 24.7 Å². The van der Waals surface area contributed by atoms with Gasteiger partial charge in [-0.1, -0.05) is 5.16 Å². The Labute approximate surface area is 103 Å². The first-order valence-electron chi connectivity index (χ1n) is 6.50. The highest BCUT2D eigenvalue weighted by Gasteiger charge is 2.16. The third-order valence-electron chi connectivity index (χ3n) is 3.62. The molecule has 0 spiro atoms. The van der Waals surface area contributed by atoms with E-state index in [-0.39, 0.29) is 0 Å². The molecule has 1 fully saturated rings. The second-order valence-corrected chi connectivity index (χ2v) is 5.11. The van der Waals surface area contributed by atoms with Crippen molar-refractivity contribution in [3.8, 4) is 0 Å². The van der Waals surface area contributed by atoms with Crippen LogP contribution in [0.15, 0.2) is 4.52 Å². The van der Waals surface area contributed by atoms with Crippen molar-refractivity contribution in [2.75, 3.05) is 26.7 Å². The first-order valence-corrected chi connectivity index (χ1v) is 6.50. The van der Waals surface area contributed by atoms with E-state index in [1.165, 1.54) is 24.9 Å². The second kappa shape index (κ2) is 5.65. The summed E-state index contributed by atoms with van der Waals surface area (Å²) in [5.74, 6) is 0.967. The first kappa shape index (κ1) is 12.6. The summed E-state index contributed by atoms with van der Waals surface area (Å²) < 4.78 is 5.18. The Morgan fingerprint density at radius 3 is 2.88 bits per heavy atom. The molecule has 1 atom stereocenters. The monoisotopic (exact) mass is 237 g/mol. The van der Waals surface area contributed by atoms with Gasteiger partial charge in [0.15, 0.2) is 0 Å². The van der Waals surface area contributed by atoms with Gasteiger partial charge in [-0.2, -0.15) is 0 Å². The maximum Gasteiger partial charge on any atom is 0.137 e. The topological polar surface area (TPSA) is 41.3 Å². The minimum Gasteiger partial charge on any atom is -0.361 e. The van der Waals surface area contributed by atoms with Gasteiger partial charge in [-0.25, -0.2) is 0 Å². The molecule has 1 N–H and O–H groups in total. The molecular weight excluding hydrogens is 214 g/mol. The summed E-state index contributed by atoms with van der Waals surface area (Å²) in [7, 11) is 2.19. The fourth-order valence-electron chi connectivity index (χ4n) is 2.54. The van der Waals surface area contributed by atoms with E-state index < -0.39 is 0 Å². The molecule has 1 aliphatic heterocycles. The van der Waals surface area contributed by atoms with Gasteiger partial charge in [0.2, 0.25) is 0 Å². The van der Waals surface area contributed by atoms with E-state index in [1.54, 1.807) is 0 Å². The summed E-state index contributed by atoms with van der Waals surface area (Å²) in [6.45, 7) is 7.41. The van der Waals surface area contributed by atoms with Crippen molar-refractivity contribution in [3.05, 3.63) is 17.0 Å². The fourth-order valence-corrected chi connectivity index (χ4v) is 2.54.